The lowest BCUT2D eigenvalue weighted by atomic mass is 10.1. The number of carbonyl (C=O) groups is 1. The molecule has 0 bridgehead atoms. The zero-order valence-electron chi connectivity index (χ0n) is 22.7. The van der Waals surface area contributed by atoms with E-state index in [9.17, 15) is 18.7 Å². The molecule has 0 radical (unpaired) electrons. The summed E-state index contributed by atoms with van der Waals surface area (Å²) < 4.78 is 71.7. The lowest BCUT2D eigenvalue weighted by Crippen LogP contribution is -2.32. The van der Waals surface area contributed by atoms with Crippen LogP contribution in [0.1, 0.15) is 33.7 Å². The number of aromatic carboxylic acids is 1. The molecular weight excluding hydrogens is 582 g/mol. The van der Waals surface area contributed by atoms with Crippen LogP contribution >= 0.6 is 0 Å². The summed E-state index contributed by atoms with van der Waals surface area (Å²) in [6.45, 7) is 7.35. The molecule has 9 nitrogen and oxygen atoms in total. The van der Waals surface area contributed by atoms with Crippen molar-refractivity contribution in [3.05, 3.63) is 112 Å². The Balaban J connectivity index is 1.26. The molecule has 1 aliphatic heterocycles. The first kappa shape index (κ1) is 28.8. The van der Waals surface area contributed by atoms with Crippen LogP contribution in [0.2, 0.25) is 0 Å². The smallest absolute Gasteiger partial charge is 0.338 e. The molecule has 1 aliphatic rings. The molecule has 0 spiro atoms. The highest BCUT2D eigenvalue weighted by molar-refractivity contribution is 5.93. The maximum Gasteiger partial charge on any atom is 0.338 e. The topological polar surface area (TPSA) is 104 Å². The van der Waals surface area contributed by atoms with Gasteiger partial charge in [0.25, 0.3) is 5.88 Å². The number of nitrogens with zero attached hydrogens (tertiary/aromatic N) is 5. The standard InChI is InChI=1S/C31H21F4N5O4/c1-36-19-5-4-18(23(33)12-19)15-44-30-24(34)13-37-29(39-30)17-3-2-16(22(32)10-17)11-26-38-25-7-6-21(31(41)42)27(35)28(25)40(26)14-20-8-9-43-20/h2-7,10,12-13,20H,8-9,11,14-15H2,(H,41,42)/t20-/m0/s1. The van der Waals surface area contributed by atoms with Crippen molar-refractivity contribution in [2.45, 2.75) is 32.1 Å². The molecular formula is C31H21F4N5O4. The van der Waals surface area contributed by atoms with Gasteiger partial charge in [-0.05, 0) is 36.2 Å². The number of carboxylic acid groups (broad SMARTS) is 1. The van der Waals surface area contributed by atoms with Crippen LogP contribution < -0.4 is 4.74 Å². The number of aromatic nitrogens is 4. The SMILES string of the molecule is [C-]#[N+]c1ccc(COc2nc(-c3ccc(Cc4nc5ccc(C(=O)O)c(F)c5n4C[C@@H]4CCO4)c(F)c3)ncc2F)c(F)c1. The number of imidazole rings is 1. The van der Waals surface area contributed by atoms with Crippen LogP contribution in [-0.4, -0.2) is 43.3 Å². The quantitative estimate of drug-likeness (QED) is 0.157. The molecule has 6 rings (SSSR count). The van der Waals surface area contributed by atoms with E-state index in [4.69, 9.17) is 16.0 Å². The van der Waals surface area contributed by atoms with E-state index < -0.39 is 40.7 Å². The average Bonchev–Trinajstić information content (AvgIpc) is 3.33. The number of benzene rings is 3. The second-order valence-corrected chi connectivity index (χ2v) is 10.0. The molecule has 1 fully saturated rings. The Morgan fingerprint density at radius 3 is 2.50 bits per heavy atom. The van der Waals surface area contributed by atoms with Crippen molar-refractivity contribution in [1.82, 2.24) is 19.5 Å². The van der Waals surface area contributed by atoms with Crippen molar-refractivity contribution in [2.75, 3.05) is 6.61 Å². The highest BCUT2D eigenvalue weighted by Crippen LogP contribution is 2.29. The predicted molar refractivity (Wildman–Crippen MR) is 148 cm³/mol. The summed E-state index contributed by atoms with van der Waals surface area (Å²) in [5, 5.41) is 9.39. The van der Waals surface area contributed by atoms with E-state index in [1.165, 1.54) is 34.9 Å². The number of halogens is 4. The Morgan fingerprint density at radius 2 is 1.82 bits per heavy atom. The fraction of sp³-hybridized carbons (Fsp3) is 0.194. The van der Waals surface area contributed by atoms with Gasteiger partial charge in [0, 0.05) is 24.2 Å². The van der Waals surface area contributed by atoms with E-state index in [-0.39, 0.29) is 64.9 Å². The lowest BCUT2D eigenvalue weighted by molar-refractivity contribution is -0.0590. The molecule has 1 N–H and O–H groups in total. The number of hydrogen-bond acceptors (Lipinski definition) is 6. The van der Waals surface area contributed by atoms with Gasteiger partial charge in [0.2, 0.25) is 5.82 Å². The highest BCUT2D eigenvalue weighted by Gasteiger charge is 2.26. The fourth-order valence-corrected chi connectivity index (χ4v) is 4.82. The van der Waals surface area contributed by atoms with Crippen molar-refractivity contribution >= 4 is 22.7 Å². The van der Waals surface area contributed by atoms with Gasteiger partial charge < -0.3 is 19.1 Å². The minimum absolute atomic E-state index is 0.00174. The number of ether oxygens (including phenoxy) is 2. The van der Waals surface area contributed by atoms with Crippen LogP contribution in [0.3, 0.4) is 0 Å². The summed E-state index contributed by atoms with van der Waals surface area (Å²) in [5.74, 6) is -4.81. The van der Waals surface area contributed by atoms with Gasteiger partial charge in [-0.15, -0.1) is 0 Å². The van der Waals surface area contributed by atoms with Gasteiger partial charge in [0.1, 0.15) is 29.6 Å². The zero-order valence-corrected chi connectivity index (χ0v) is 22.7. The molecule has 1 saturated heterocycles. The summed E-state index contributed by atoms with van der Waals surface area (Å²) in [7, 11) is 0. The van der Waals surface area contributed by atoms with Gasteiger partial charge in [-0.2, -0.15) is 9.37 Å². The van der Waals surface area contributed by atoms with E-state index in [0.717, 1.165) is 30.8 Å². The van der Waals surface area contributed by atoms with E-state index in [1.807, 2.05) is 0 Å². The molecule has 5 aromatic rings. The maximum atomic E-state index is 15.4. The minimum Gasteiger partial charge on any atom is -0.478 e. The Bertz CT molecular complexity index is 1970. The number of fused-ring (bicyclic) bond motifs is 1. The average molecular weight is 604 g/mol. The summed E-state index contributed by atoms with van der Waals surface area (Å²) in [5.41, 5.74) is 0.335. The van der Waals surface area contributed by atoms with E-state index in [0.29, 0.717) is 12.4 Å². The van der Waals surface area contributed by atoms with E-state index in [2.05, 4.69) is 19.8 Å². The highest BCUT2D eigenvalue weighted by atomic mass is 19.1. The third kappa shape index (κ3) is 5.55. The monoisotopic (exact) mass is 603 g/mol. The molecule has 3 aromatic carbocycles. The molecule has 0 amide bonds. The minimum atomic E-state index is -1.42. The molecule has 13 heteroatoms. The van der Waals surface area contributed by atoms with Crippen LogP contribution in [0, 0.1) is 29.8 Å². The largest absolute Gasteiger partial charge is 0.478 e. The summed E-state index contributed by atoms with van der Waals surface area (Å²) in [6, 6.07) is 10.5. The van der Waals surface area contributed by atoms with Crippen LogP contribution in [0.25, 0.3) is 27.3 Å². The van der Waals surface area contributed by atoms with Crippen LogP contribution in [0.15, 0.2) is 54.7 Å². The molecule has 1 atom stereocenters. The Kier molecular flexibility index (Phi) is 7.67. The van der Waals surface area contributed by atoms with Crippen molar-refractivity contribution in [2.24, 2.45) is 0 Å². The van der Waals surface area contributed by atoms with E-state index >= 15 is 8.78 Å². The molecule has 0 aliphatic carbocycles. The van der Waals surface area contributed by atoms with Crippen LogP contribution in [0.5, 0.6) is 5.88 Å². The number of rotatable bonds is 9. The van der Waals surface area contributed by atoms with Crippen LogP contribution in [-0.2, 0) is 24.3 Å². The second-order valence-electron chi connectivity index (χ2n) is 10.0. The fourth-order valence-electron chi connectivity index (χ4n) is 4.82. The van der Waals surface area contributed by atoms with Gasteiger partial charge in [-0.1, -0.05) is 24.3 Å². The predicted octanol–water partition coefficient (Wildman–Crippen LogP) is 6.26. The Morgan fingerprint density at radius 1 is 1.05 bits per heavy atom. The summed E-state index contributed by atoms with van der Waals surface area (Å²) in [4.78, 5) is 27.1. The molecule has 0 saturated carbocycles. The van der Waals surface area contributed by atoms with Gasteiger partial charge in [-0.25, -0.2) is 32.8 Å². The third-order valence-corrected chi connectivity index (χ3v) is 7.24. The second kappa shape index (κ2) is 11.7. The molecule has 44 heavy (non-hydrogen) atoms. The molecule has 222 valence electrons. The Hall–Kier alpha value is -5.35. The first-order valence-corrected chi connectivity index (χ1v) is 13.3. The lowest BCUT2D eigenvalue weighted by Gasteiger charge is -2.27. The number of hydrogen-bond donors (Lipinski definition) is 1. The van der Waals surface area contributed by atoms with Gasteiger partial charge in [0.15, 0.2) is 17.3 Å². The molecule has 3 heterocycles. The van der Waals surface area contributed by atoms with Gasteiger partial charge in [-0.3, -0.25) is 0 Å². The molecule has 2 aromatic heterocycles. The van der Waals surface area contributed by atoms with Crippen molar-refractivity contribution in [3.63, 3.8) is 0 Å². The van der Waals surface area contributed by atoms with Crippen molar-refractivity contribution in [1.29, 1.82) is 0 Å². The summed E-state index contributed by atoms with van der Waals surface area (Å²) in [6.07, 6.45) is 1.32. The van der Waals surface area contributed by atoms with E-state index in [1.54, 1.807) is 0 Å². The maximum absolute atomic E-state index is 15.4. The zero-order chi connectivity index (χ0) is 31.0. The van der Waals surface area contributed by atoms with Crippen molar-refractivity contribution < 1.29 is 36.9 Å². The normalized spacial score (nSPS) is 14.3. The summed E-state index contributed by atoms with van der Waals surface area (Å²) >= 11 is 0. The van der Waals surface area contributed by atoms with Gasteiger partial charge >= 0.3 is 5.97 Å². The first-order valence-electron chi connectivity index (χ1n) is 13.3. The molecule has 0 unspecified atom stereocenters. The third-order valence-electron chi connectivity index (χ3n) is 7.24. The number of carboxylic acids is 1. The van der Waals surface area contributed by atoms with Gasteiger partial charge in [0.05, 0.1) is 36.5 Å². The van der Waals surface area contributed by atoms with Crippen LogP contribution in [0.4, 0.5) is 23.2 Å². The van der Waals surface area contributed by atoms with Crippen molar-refractivity contribution in [3.8, 4) is 17.3 Å². The first-order chi connectivity index (χ1) is 21.2. The Labute approximate surface area is 247 Å².